The number of likely N-dealkylation sites (tertiary alicyclic amines) is 1. The molecule has 2 fully saturated rings. The summed E-state index contributed by atoms with van der Waals surface area (Å²) in [7, 11) is 0. The van der Waals surface area contributed by atoms with Gasteiger partial charge in [-0.3, -0.25) is 19.4 Å². The van der Waals surface area contributed by atoms with E-state index in [2.05, 4.69) is 29.4 Å². The minimum atomic E-state index is 0.0661. The Kier molecular flexibility index (Phi) is 6.87. The average Bonchev–Trinajstić information content (AvgIpc) is 3.34. The third kappa shape index (κ3) is 5.51. The number of piperidine rings is 1. The Hall–Kier alpha value is -1.47. The first-order valence-corrected chi connectivity index (χ1v) is 11.1. The van der Waals surface area contributed by atoms with Crippen molar-refractivity contribution >= 4 is 28.3 Å². The number of aromatic nitrogens is 1. The molecule has 3 rings (SSSR count). The van der Waals surface area contributed by atoms with Crippen molar-refractivity contribution in [3.05, 3.63) is 11.1 Å². The molecule has 150 valence electrons. The number of amides is 2. The van der Waals surface area contributed by atoms with E-state index in [1.165, 1.54) is 0 Å². The van der Waals surface area contributed by atoms with Crippen LogP contribution in [0.5, 0.6) is 0 Å². The van der Waals surface area contributed by atoms with Crippen LogP contribution in [0.15, 0.2) is 5.38 Å². The zero-order chi connectivity index (χ0) is 19.4. The lowest BCUT2D eigenvalue weighted by Gasteiger charge is -2.32. The standard InChI is InChI=1S/C20H32N4O2S/c1-4-6-14(2)21-19(26)16-7-5-10-23(11-16)12-17-13-27-20(22-17)24(15(3)25)18-8-9-18/h13-14,16,18H,4-12H2,1-3H3,(H,21,26). The van der Waals surface area contributed by atoms with Crippen molar-refractivity contribution in [3.63, 3.8) is 0 Å². The first kappa shape index (κ1) is 20.3. The van der Waals surface area contributed by atoms with E-state index in [0.717, 1.165) is 69.0 Å². The molecular weight excluding hydrogens is 360 g/mol. The molecule has 1 aliphatic carbocycles. The summed E-state index contributed by atoms with van der Waals surface area (Å²) in [6.07, 6.45) is 6.27. The maximum atomic E-state index is 12.5. The van der Waals surface area contributed by atoms with Crippen LogP contribution in [-0.4, -0.2) is 46.9 Å². The van der Waals surface area contributed by atoms with Gasteiger partial charge in [-0.15, -0.1) is 11.3 Å². The van der Waals surface area contributed by atoms with E-state index in [1.807, 2.05) is 4.90 Å². The summed E-state index contributed by atoms with van der Waals surface area (Å²) >= 11 is 1.55. The molecule has 7 heteroatoms. The highest BCUT2D eigenvalue weighted by Gasteiger charge is 2.34. The Morgan fingerprint density at radius 1 is 1.41 bits per heavy atom. The van der Waals surface area contributed by atoms with Crippen molar-refractivity contribution < 1.29 is 9.59 Å². The Morgan fingerprint density at radius 3 is 2.85 bits per heavy atom. The predicted molar refractivity (Wildman–Crippen MR) is 109 cm³/mol. The number of thiazole rings is 1. The largest absolute Gasteiger partial charge is 0.353 e. The van der Waals surface area contributed by atoms with E-state index in [1.54, 1.807) is 18.3 Å². The monoisotopic (exact) mass is 392 g/mol. The smallest absolute Gasteiger partial charge is 0.225 e. The Bertz CT molecular complexity index is 658. The summed E-state index contributed by atoms with van der Waals surface area (Å²) in [5, 5.41) is 6.04. The third-order valence-electron chi connectivity index (χ3n) is 5.37. The molecule has 2 unspecified atom stereocenters. The van der Waals surface area contributed by atoms with Crippen molar-refractivity contribution in [2.45, 2.75) is 77.9 Å². The molecule has 1 aromatic rings. The van der Waals surface area contributed by atoms with Gasteiger partial charge in [0.25, 0.3) is 0 Å². The maximum Gasteiger partial charge on any atom is 0.225 e. The summed E-state index contributed by atoms with van der Waals surface area (Å²) in [4.78, 5) is 33.3. The second kappa shape index (κ2) is 9.15. The van der Waals surface area contributed by atoms with E-state index in [-0.39, 0.29) is 23.8 Å². The van der Waals surface area contributed by atoms with Gasteiger partial charge in [0.05, 0.1) is 11.6 Å². The molecule has 1 N–H and O–H groups in total. The Balaban J connectivity index is 1.55. The molecule has 1 saturated heterocycles. The van der Waals surface area contributed by atoms with Gasteiger partial charge in [-0.25, -0.2) is 4.98 Å². The van der Waals surface area contributed by atoms with Gasteiger partial charge < -0.3 is 5.32 Å². The molecule has 0 spiro atoms. The highest BCUT2D eigenvalue weighted by Crippen LogP contribution is 2.34. The van der Waals surface area contributed by atoms with Gasteiger partial charge in [0.1, 0.15) is 0 Å². The number of carbonyl (C=O) groups is 2. The van der Waals surface area contributed by atoms with Crippen molar-refractivity contribution in [3.8, 4) is 0 Å². The van der Waals surface area contributed by atoms with E-state index >= 15 is 0 Å². The van der Waals surface area contributed by atoms with Crippen LogP contribution in [0.1, 0.15) is 65.0 Å². The van der Waals surface area contributed by atoms with Gasteiger partial charge >= 0.3 is 0 Å². The van der Waals surface area contributed by atoms with Gasteiger partial charge in [0.15, 0.2) is 5.13 Å². The quantitative estimate of drug-likeness (QED) is 0.738. The SMILES string of the molecule is CCCC(C)NC(=O)C1CCCN(Cc2csc(N(C(C)=O)C3CC3)n2)C1. The van der Waals surface area contributed by atoms with Crippen molar-refractivity contribution in [1.29, 1.82) is 0 Å². The number of hydrogen-bond donors (Lipinski definition) is 1. The Morgan fingerprint density at radius 2 is 2.19 bits per heavy atom. The van der Waals surface area contributed by atoms with Gasteiger partial charge in [-0.05, 0) is 45.6 Å². The molecule has 1 aromatic heterocycles. The van der Waals surface area contributed by atoms with Crippen molar-refractivity contribution in [2.24, 2.45) is 5.92 Å². The molecular formula is C20H32N4O2S. The van der Waals surface area contributed by atoms with Crippen LogP contribution in [0.25, 0.3) is 0 Å². The summed E-state index contributed by atoms with van der Waals surface area (Å²) in [5.41, 5.74) is 1.00. The number of nitrogens with zero attached hydrogens (tertiary/aromatic N) is 3. The second-order valence-electron chi connectivity index (χ2n) is 8.01. The zero-order valence-corrected chi connectivity index (χ0v) is 17.6. The average molecular weight is 393 g/mol. The van der Waals surface area contributed by atoms with E-state index in [0.29, 0.717) is 6.04 Å². The van der Waals surface area contributed by atoms with E-state index in [9.17, 15) is 9.59 Å². The number of rotatable bonds is 8. The fourth-order valence-corrected chi connectivity index (χ4v) is 4.80. The summed E-state index contributed by atoms with van der Waals surface area (Å²) in [6.45, 7) is 8.38. The predicted octanol–water partition coefficient (Wildman–Crippen LogP) is 3.18. The fraction of sp³-hybridized carbons (Fsp3) is 0.750. The number of anilines is 1. The van der Waals surface area contributed by atoms with E-state index < -0.39 is 0 Å². The minimum Gasteiger partial charge on any atom is -0.353 e. The van der Waals surface area contributed by atoms with Crippen LogP contribution in [0.2, 0.25) is 0 Å². The first-order valence-electron chi connectivity index (χ1n) is 10.2. The van der Waals surface area contributed by atoms with E-state index in [4.69, 9.17) is 4.98 Å². The van der Waals surface area contributed by atoms with Gasteiger partial charge in [0, 0.05) is 37.5 Å². The molecule has 1 saturated carbocycles. The molecule has 27 heavy (non-hydrogen) atoms. The minimum absolute atomic E-state index is 0.0661. The fourth-order valence-electron chi connectivity index (χ4n) is 3.87. The van der Waals surface area contributed by atoms with Crippen LogP contribution in [-0.2, 0) is 16.1 Å². The molecule has 0 aromatic carbocycles. The van der Waals surface area contributed by atoms with Crippen LogP contribution in [0.4, 0.5) is 5.13 Å². The second-order valence-corrected chi connectivity index (χ2v) is 8.85. The molecule has 2 aliphatic rings. The molecule has 6 nitrogen and oxygen atoms in total. The van der Waals surface area contributed by atoms with Crippen molar-refractivity contribution in [1.82, 2.24) is 15.2 Å². The van der Waals surface area contributed by atoms with Crippen molar-refractivity contribution in [2.75, 3.05) is 18.0 Å². The summed E-state index contributed by atoms with van der Waals surface area (Å²) in [5.74, 6) is 0.335. The highest BCUT2D eigenvalue weighted by atomic mass is 32.1. The normalized spacial score (nSPS) is 21.7. The lowest BCUT2D eigenvalue weighted by molar-refractivity contribution is -0.127. The number of nitrogens with one attached hydrogen (secondary N) is 1. The number of hydrogen-bond acceptors (Lipinski definition) is 5. The van der Waals surface area contributed by atoms with Crippen LogP contribution < -0.4 is 10.2 Å². The molecule has 0 radical (unpaired) electrons. The molecule has 2 atom stereocenters. The highest BCUT2D eigenvalue weighted by molar-refractivity contribution is 7.14. The maximum absolute atomic E-state index is 12.5. The van der Waals surface area contributed by atoms with Crippen LogP contribution in [0.3, 0.4) is 0 Å². The molecule has 2 amide bonds. The number of carbonyl (C=O) groups excluding carboxylic acids is 2. The summed E-state index contributed by atoms with van der Waals surface area (Å²) in [6, 6.07) is 0.591. The topological polar surface area (TPSA) is 65.5 Å². The van der Waals surface area contributed by atoms with Gasteiger partial charge in [-0.1, -0.05) is 13.3 Å². The van der Waals surface area contributed by atoms with Gasteiger partial charge in [-0.2, -0.15) is 0 Å². The lowest BCUT2D eigenvalue weighted by atomic mass is 9.96. The molecule has 2 heterocycles. The summed E-state index contributed by atoms with van der Waals surface area (Å²) < 4.78 is 0. The molecule has 0 bridgehead atoms. The third-order valence-corrected chi connectivity index (χ3v) is 6.26. The van der Waals surface area contributed by atoms with Crippen LogP contribution >= 0.6 is 11.3 Å². The lowest BCUT2D eigenvalue weighted by Crippen LogP contribution is -2.45. The zero-order valence-electron chi connectivity index (χ0n) is 16.7. The molecule has 1 aliphatic heterocycles. The Labute approximate surface area is 166 Å². The van der Waals surface area contributed by atoms with Crippen LogP contribution in [0, 0.1) is 5.92 Å². The first-order chi connectivity index (χ1) is 13.0. The van der Waals surface area contributed by atoms with Gasteiger partial charge in [0.2, 0.25) is 11.8 Å².